The van der Waals surface area contributed by atoms with E-state index in [0.717, 1.165) is 10.8 Å². The maximum absolute atomic E-state index is 12.5. The summed E-state index contributed by atoms with van der Waals surface area (Å²) in [7, 11) is 3.02. The lowest BCUT2D eigenvalue weighted by molar-refractivity contribution is -0.127. The number of rotatable bonds is 9. The number of carbonyl (C=O) groups is 2. The molecule has 0 spiro atoms. The molecule has 1 atom stereocenters. The van der Waals surface area contributed by atoms with Gasteiger partial charge in [-0.05, 0) is 66.4 Å². The Bertz CT molecular complexity index is 1430. The molecule has 8 heteroatoms. The van der Waals surface area contributed by atoms with E-state index in [1.54, 1.807) is 56.5 Å². The average molecular weight is 499 g/mol. The molecule has 0 fully saturated rings. The summed E-state index contributed by atoms with van der Waals surface area (Å²) >= 11 is 0. The third-order valence-electron chi connectivity index (χ3n) is 5.53. The van der Waals surface area contributed by atoms with Crippen LogP contribution in [0.4, 0.5) is 0 Å². The van der Waals surface area contributed by atoms with Crippen LogP contribution in [0.2, 0.25) is 0 Å². The van der Waals surface area contributed by atoms with E-state index in [1.807, 2.05) is 42.5 Å². The third kappa shape index (κ3) is 6.24. The maximum Gasteiger partial charge on any atom is 0.343 e. The van der Waals surface area contributed by atoms with E-state index in [0.29, 0.717) is 28.4 Å². The molecule has 1 N–H and O–H groups in total. The van der Waals surface area contributed by atoms with Gasteiger partial charge in [-0.2, -0.15) is 5.10 Å². The zero-order valence-corrected chi connectivity index (χ0v) is 20.6. The number of nitrogens with one attached hydrogen (secondary N) is 1. The van der Waals surface area contributed by atoms with Crippen molar-refractivity contribution in [3.63, 3.8) is 0 Å². The lowest BCUT2D eigenvalue weighted by Gasteiger charge is -2.14. The lowest BCUT2D eigenvalue weighted by Crippen LogP contribution is -2.33. The maximum atomic E-state index is 12.5. The first-order valence-electron chi connectivity index (χ1n) is 11.5. The van der Waals surface area contributed by atoms with Crippen LogP contribution in [0.5, 0.6) is 23.0 Å². The molecule has 0 aliphatic carbocycles. The first-order chi connectivity index (χ1) is 18.0. The molecule has 4 aromatic carbocycles. The van der Waals surface area contributed by atoms with Crippen molar-refractivity contribution in [3.8, 4) is 23.0 Å². The van der Waals surface area contributed by atoms with Crippen molar-refractivity contribution in [1.29, 1.82) is 0 Å². The fourth-order valence-corrected chi connectivity index (χ4v) is 3.54. The van der Waals surface area contributed by atoms with Crippen LogP contribution in [0.1, 0.15) is 22.8 Å². The zero-order chi connectivity index (χ0) is 26.2. The van der Waals surface area contributed by atoms with Gasteiger partial charge >= 0.3 is 5.97 Å². The molecule has 0 radical (unpaired) electrons. The van der Waals surface area contributed by atoms with Crippen molar-refractivity contribution in [1.82, 2.24) is 5.43 Å². The molecule has 4 aromatic rings. The molecule has 1 unspecified atom stereocenters. The van der Waals surface area contributed by atoms with Gasteiger partial charge in [0.1, 0.15) is 11.5 Å². The van der Waals surface area contributed by atoms with Gasteiger partial charge in [-0.15, -0.1) is 0 Å². The number of benzene rings is 4. The quantitative estimate of drug-likeness (QED) is 0.151. The summed E-state index contributed by atoms with van der Waals surface area (Å²) in [4.78, 5) is 25.0. The fourth-order valence-electron chi connectivity index (χ4n) is 3.54. The van der Waals surface area contributed by atoms with Crippen LogP contribution < -0.4 is 24.4 Å². The van der Waals surface area contributed by atoms with Crippen LogP contribution in [0.25, 0.3) is 10.8 Å². The summed E-state index contributed by atoms with van der Waals surface area (Å²) in [5.74, 6) is 0.913. The number of fused-ring (bicyclic) bond motifs is 1. The minimum atomic E-state index is -0.766. The Labute approximate surface area is 214 Å². The van der Waals surface area contributed by atoms with E-state index in [4.69, 9.17) is 18.9 Å². The molecule has 8 nitrogen and oxygen atoms in total. The first-order valence-corrected chi connectivity index (χ1v) is 11.5. The van der Waals surface area contributed by atoms with Gasteiger partial charge in [-0.3, -0.25) is 4.79 Å². The Morgan fingerprint density at radius 2 is 1.59 bits per heavy atom. The number of carbonyl (C=O) groups excluding carboxylic acids is 2. The monoisotopic (exact) mass is 498 g/mol. The smallest absolute Gasteiger partial charge is 0.343 e. The second kappa shape index (κ2) is 11.7. The largest absolute Gasteiger partial charge is 0.497 e. The van der Waals surface area contributed by atoms with Crippen molar-refractivity contribution in [2.75, 3.05) is 14.2 Å². The lowest BCUT2D eigenvalue weighted by atomic mass is 10.1. The highest BCUT2D eigenvalue weighted by Gasteiger charge is 2.16. The van der Waals surface area contributed by atoms with Crippen LogP contribution in [0, 0.1) is 0 Å². The summed E-state index contributed by atoms with van der Waals surface area (Å²) in [6, 6.07) is 25.0. The van der Waals surface area contributed by atoms with Gasteiger partial charge in [0, 0.05) is 5.39 Å². The molecular formula is C29H26N2O6. The number of hydrazone groups is 1. The van der Waals surface area contributed by atoms with Crippen molar-refractivity contribution in [2.45, 2.75) is 13.0 Å². The van der Waals surface area contributed by atoms with E-state index >= 15 is 0 Å². The number of hydrogen-bond donors (Lipinski definition) is 1. The predicted octanol–water partition coefficient (Wildman–Crippen LogP) is 4.99. The van der Waals surface area contributed by atoms with E-state index in [2.05, 4.69) is 10.5 Å². The SMILES string of the molecule is COc1ccc(C(=O)Oc2ccc(/C=N/NC(=O)C(C)Oc3cccc4ccccc34)cc2OC)cc1. The van der Waals surface area contributed by atoms with Gasteiger partial charge < -0.3 is 18.9 Å². The van der Waals surface area contributed by atoms with Gasteiger partial charge in [-0.1, -0.05) is 36.4 Å². The molecule has 37 heavy (non-hydrogen) atoms. The molecule has 0 bridgehead atoms. The van der Waals surface area contributed by atoms with Crippen molar-refractivity contribution >= 4 is 28.9 Å². The Morgan fingerprint density at radius 3 is 2.35 bits per heavy atom. The summed E-state index contributed by atoms with van der Waals surface area (Å²) < 4.78 is 21.8. The second-order valence-corrected chi connectivity index (χ2v) is 8.00. The molecule has 0 aliphatic rings. The normalized spacial score (nSPS) is 11.6. The molecule has 0 aromatic heterocycles. The summed E-state index contributed by atoms with van der Waals surface area (Å²) in [6.45, 7) is 1.65. The highest BCUT2D eigenvalue weighted by atomic mass is 16.6. The number of esters is 1. The predicted molar refractivity (Wildman–Crippen MR) is 141 cm³/mol. The van der Waals surface area contributed by atoms with Gasteiger partial charge in [0.15, 0.2) is 17.6 Å². The molecule has 0 aliphatic heterocycles. The molecule has 188 valence electrons. The van der Waals surface area contributed by atoms with E-state index in [1.165, 1.54) is 13.3 Å². The number of amides is 1. The third-order valence-corrected chi connectivity index (χ3v) is 5.53. The van der Waals surface area contributed by atoms with Crippen molar-refractivity contribution in [3.05, 3.63) is 96.1 Å². The number of ether oxygens (including phenoxy) is 4. The Hall–Kier alpha value is -4.85. The molecule has 4 rings (SSSR count). The van der Waals surface area contributed by atoms with Gasteiger partial charge in [0.05, 0.1) is 26.0 Å². The molecular weight excluding hydrogens is 472 g/mol. The van der Waals surface area contributed by atoms with Crippen LogP contribution in [-0.2, 0) is 4.79 Å². The molecule has 0 saturated carbocycles. The standard InChI is InChI=1S/C29H26N2O6/c1-19(36-25-10-6-8-21-7-4-5-9-24(21)25)28(32)31-30-18-20-11-16-26(27(17-20)35-3)37-29(33)22-12-14-23(34-2)15-13-22/h4-19H,1-3H3,(H,31,32)/b30-18+. The van der Waals surface area contributed by atoms with Crippen molar-refractivity contribution in [2.24, 2.45) is 5.10 Å². The number of nitrogens with zero attached hydrogens (tertiary/aromatic N) is 1. The van der Waals surface area contributed by atoms with Crippen LogP contribution >= 0.6 is 0 Å². The van der Waals surface area contributed by atoms with Crippen LogP contribution in [-0.4, -0.2) is 38.4 Å². The van der Waals surface area contributed by atoms with Gasteiger partial charge in [0.2, 0.25) is 0 Å². The Balaban J connectivity index is 1.37. The zero-order valence-electron chi connectivity index (χ0n) is 20.6. The highest BCUT2D eigenvalue weighted by molar-refractivity contribution is 5.92. The summed E-state index contributed by atoms with van der Waals surface area (Å²) in [6.07, 6.45) is 0.692. The van der Waals surface area contributed by atoms with E-state index in [9.17, 15) is 9.59 Å². The Morgan fingerprint density at radius 1 is 0.838 bits per heavy atom. The minimum Gasteiger partial charge on any atom is -0.497 e. The number of hydrogen-bond acceptors (Lipinski definition) is 7. The number of methoxy groups -OCH3 is 2. The second-order valence-electron chi connectivity index (χ2n) is 8.00. The first kappa shape index (κ1) is 25.2. The molecule has 0 saturated heterocycles. The highest BCUT2D eigenvalue weighted by Crippen LogP contribution is 2.29. The molecule has 0 heterocycles. The molecule has 1 amide bonds. The summed E-state index contributed by atoms with van der Waals surface area (Å²) in [5, 5.41) is 5.97. The van der Waals surface area contributed by atoms with Crippen LogP contribution in [0.3, 0.4) is 0 Å². The van der Waals surface area contributed by atoms with E-state index < -0.39 is 18.0 Å². The van der Waals surface area contributed by atoms with Crippen molar-refractivity contribution < 1.29 is 28.5 Å². The topological polar surface area (TPSA) is 95.5 Å². The average Bonchev–Trinajstić information content (AvgIpc) is 2.93. The summed E-state index contributed by atoms with van der Waals surface area (Å²) in [5.41, 5.74) is 3.48. The fraction of sp³-hybridized carbons (Fsp3) is 0.138. The van der Waals surface area contributed by atoms with Gasteiger partial charge in [0.25, 0.3) is 5.91 Å². The van der Waals surface area contributed by atoms with Gasteiger partial charge in [-0.25, -0.2) is 10.2 Å². The van der Waals surface area contributed by atoms with E-state index in [-0.39, 0.29) is 5.75 Å². The van der Waals surface area contributed by atoms with Crippen LogP contribution in [0.15, 0.2) is 90.0 Å². The minimum absolute atomic E-state index is 0.251. The Kier molecular flexibility index (Phi) is 8.00.